The molecule has 1 aromatic heterocycles. The molecule has 1 aliphatic heterocycles. The molecule has 0 saturated heterocycles. The Labute approximate surface area is 201 Å². The van der Waals surface area contributed by atoms with Crippen LogP contribution in [-0.4, -0.2) is 40.2 Å². The number of benzene rings is 2. The summed E-state index contributed by atoms with van der Waals surface area (Å²) >= 11 is 0. The van der Waals surface area contributed by atoms with Crippen LogP contribution in [0.25, 0.3) is 17.3 Å². The second-order valence-electron chi connectivity index (χ2n) is 8.27. The van der Waals surface area contributed by atoms with Gasteiger partial charge in [0.2, 0.25) is 0 Å². The molecule has 1 amide bonds. The van der Waals surface area contributed by atoms with E-state index in [4.69, 9.17) is 0 Å². The first-order chi connectivity index (χ1) is 16.6. The average molecular weight is 483 g/mol. The average Bonchev–Trinajstić information content (AvgIpc) is 3.15. The second kappa shape index (κ2) is 9.40. The number of halogens is 3. The van der Waals surface area contributed by atoms with Gasteiger partial charge in [-0.15, -0.1) is 13.2 Å². The number of allylic oxidation sites excluding steroid dienone is 1. The predicted molar refractivity (Wildman–Crippen MR) is 129 cm³/mol. The Morgan fingerprint density at radius 3 is 2.71 bits per heavy atom. The lowest BCUT2D eigenvalue weighted by molar-refractivity contribution is -0.274. The maximum Gasteiger partial charge on any atom is 0.573 e. The van der Waals surface area contributed by atoms with E-state index in [0.29, 0.717) is 35.5 Å². The van der Waals surface area contributed by atoms with Gasteiger partial charge in [0.1, 0.15) is 5.75 Å². The summed E-state index contributed by atoms with van der Waals surface area (Å²) in [4.78, 5) is 19.2. The molecule has 4 rings (SSSR count). The first kappa shape index (κ1) is 24.3. The summed E-state index contributed by atoms with van der Waals surface area (Å²) in [6, 6.07) is 10.8. The lowest BCUT2D eigenvalue weighted by Crippen LogP contribution is -2.38. The number of carbonyl (C=O) groups is 1. The van der Waals surface area contributed by atoms with Crippen molar-refractivity contribution >= 4 is 24.4 Å². The molecule has 1 atom stereocenters. The molecule has 2 aromatic carbocycles. The number of nitrogens with zero attached hydrogens (tertiary/aromatic N) is 4. The van der Waals surface area contributed by atoms with E-state index >= 15 is 0 Å². The highest BCUT2D eigenvalue weighted by Gasteiger charge is 2.34. The van der Waals surface area contributed by atoms with E-state index in [1.807, 2.05) is 26.0 Å². The summed E-state index contributed by atoms with van der Waals surface area (Å²) in [5, 5.41) is 4.64. The molecule has 6 nitrogen and oxygen atoms in total. The molecule has 182 valence electrons. The molecule has 1 aliphatic rings. The van der Waals surface area contributed by atoms with Crippen LogP contribution in [0.1, 0.15) is 47.1 Å². The lowest BCUT2D eigenvalue weighted by Gasteiger charge is -2.33. The summed E-state index contributed by atoms with van der Waals surface area (Å²) in [7, 11) is 1.74. The first-order valence-corrected chi connectivity index (χ1v) is 11.1. The van der Waals surface area contributed by atoms with Crippen molar-refractivity contribution in [3.63, 3.8) is 0 Å². The van der Waals surface area contributed by atoms with Gasteiger partial charge in [-0.05, 0) is 57.3 Å². The van der Waals surface area contributed by atoms with E-state index in [1.54, 1.807) is 40.9 Å². The van der Waals surface area contributed by atoms with Crippen LogP contribution in [0.15, 0.2) is 53.5 Å². The number of hydrogen-bond acceptors (Lipinski definition) is 4. The van der Waals surface area contributed by atoms with Gasteiger partial charge >= 0.3 is 6.36 Å². The highest BCUT2D eigenvalue weighted by molar-refractivity contribution is 5.96. The summed E-state index contributed by atoms with van der Waals surface area (Å²) in [6.07, 6.45) is -0.502. The number of fused-ring (bicyclic) bond motifs is 1. The van der Waals surface area contributed by atoms with Gasteiger partial charge in [-0.1, -0.05) is 24.3 Å². The smallest absolute Gasteiger partial charge is 0.406 e. The third-order valence-electron chi connectivity index (χ3n) is 6.04. The van der Waals surface area contributed by atoms with Gasteiger partial charge in [-0.3, -0.25) is 14.5 Å². The number of alkyl halides is 3. The molecule has 0 radical (unpaired) electrons. The molecule has 3 aromatic rings. The zero-order chi connectivity index (χ0) is 25.3. The third kappa shape index (κ3) is 4.84. The normalized spacial score (nSPS) is 15.8. The molecular formula is C26H25F3N4O2. The Balaban J connectivity index is 1.65. The zero-order valence-electron chi connectivity index (χ0n) is 19.6. The van der Waals surface area contributed by atoms with Crippen molar-refractivity contribution in [2.45, 2.75) is 32.7 Å². The molecule has 0 unspecified atom stereocenters. The van der Waals surface area contributed by atoms with Crippen LogP contribution in [-0.2, 0) is 13.5 Å². The van der Waals surface area contributed by atoms with E-state index in [1.165, 1.54) is 18.2 Å². The number of aryl methyl sites for hydroxylation is 1. The molecular weight excluding hydrogens is 457 g/mol. The van der Waals surface area contributed by atoms with Gasteiger partial charge in [-0.2, -0.15) is 5.10 Å². The van der Waals surface area contributed by atoms with Gasteiger partial charge in [0.25, 0.3) is 5.91 Å². The molecule has 35 heavy (non-hydrogen) atoms. The molecule has 0 bridgehead atoms. The van der Waals surface area contributed by atoms with Gasteiger partial charge in [0.05, 0.1) is 23.1 Å². The number of rotatable bonds is 5. The lowest BCUT2D eigenvalue weighted by atomic mass is 9.94. The predicted octanol–water partition coefficient (Wildman–Crippen LogP) is 6.11. The third-order valence-corrected chi connectivity index (χ3v) is 6.04. The van der Waals surface area contributed by atoms with Gasteiger partial charge in [0.15, 0.2) is 0 Å². The highest BCUT2D eigenvalue weighted by Crippen LogP contribution is 2.37. The van der Waals surface area contributed by atoms with Gasteiger partial charge in [0, 0.05) is 35.8 Å². The molecule has 0 saturated carbocycles. The van der Waals surface area contributed by atoms with Crippen LogP contribution in [0.3, 0.4) is 0 Å². The Morgan fingerprint density at radius 2 is 2.03 bits per heavy atom. The quantitative estimate of drug-likeness (QED) is 0.412. The fourth-order valence-electron chi connectivity index (χ4n) is 4.53. The summed E-state index contributed by atoms with van der Waals surface area (Å²) in [5.74, 6) is -0.419. The topological polar surface area (TPSA) is 59.7 Å². The molecule has 0 aliphatic carbocycles. The van der Waals surface area contributed by atoms with E-state index in [-0.39, 0.29) is 17.7 Å². The van der Waals surface area contributed by atoms with E-state index < -0.39 is 6.36 Å². The number of hydrogen-bond donors (Lipinski definition) is 0. The van der Waals surface area contributed by atoms with Crippen molar-refractivity contribution < 1.29 is 22.7 Å². The molecule has 0 N–H and O–H groups in total. The Kier molecular flexibility index (Phi) is 6.51. The van der Waals surface area contributed by atoms with Crippen molar-refractivity contribution in [2.24, 2.45) is 12.0 Å². The Bertz CT molecular complexity index is 1310. The molecule has 2 heterocycles. The first-order valence-electron chi connectivity index (χ1n) is 11.1. The van der Waals surface area contributed by atoms with Crippen molar-refractivity contribution in [1.29, 1.82) is 0 Å². The SMILES string of the molecule is C=Nc1ccc(C(=O)N2CCc3c(nn(C)c3-c3cccc(OC(F)(F)F)c3)[C@@H]2C)cc1/C=C\C. The van der Waals surface area contributed by atoms with E-state index in [2.05, 4.69) is 21.5 Å². The minimum Gasteiger partial charge on any atom is -0.406 e. The highest BCUT2D eigenvalue weighted by atomic mass is 19.4. The number of ether oxygens (including phenoxy) is 1. The minimum absolute atomic E-state index is 0.128. The van der Waals surface area contributed by atoms with Crippen LogP contribution in [0.4, 0.5) is 18.9 Å². The van der Waals surface area contributed by atoms with E-state index in [0.717, 1.165) is 16.8 Å². The van der Waals surface area contributed by atoms with Gasteiger partial charge < -0.3 is 9.64 Å². The Morgan fingerprint density at radius 1 is 1.26 bits per heavy atom. The fraction of sp³-hybridized carbons (Fsp3) is 0.269. The van der Waals surface area contributed by atoms with Crippen molar-refractivity contribution in [3.8, 4) is 17.0 Å². The number of carbonyl (C=O) groups excluding carboxylic acids is 1. The van der Waals surface area contributed by atoms with Crippen LogP contribution >= 0.6 is 0 Å². The molecule has 9 heteroatoms. The standard InChI is InChI=1S/C26H25F3N4O2/c1-5-7-17-14-19(10-11-22(17)30-3)25(34)33-13-12-21-23(16(33)2)31-32(4)24(21)18-8-6-9-20(15-18)35-26(27,28)29/h5-11,14-16H,3,12-13H2,1-2,4H3/b7-5-/t16-/m0/s1. The monoisotopic (exact) mass is 482 g/mol. The summed E-state index contributed by atoms with van der Waals surface area (Å²) in [6.45, 7) is 7.82. The largest absolute Gasteiger partial charge is 0.573 e. The summed E-state index contributed by atoms with van der Waals surface area (Å²) < 4.78 is 43.8. The molecule has 0 spiro atoms. The minimum atomic E-state index is -4.77. The maximum atomic E-state index is 13.4. The van der Waals surface area contributed by atoms with Crippen LogP contribution in [0.2, 0.25) is 0 Å². The van der Waals surface area contributed by atoms with Crippen molar-refractivity contribution in [2.75, 3.05) is 6.54 Å². The second-order valence-corrected chi connectivity index (χ2v) is 8.27. The van der Waals surface area contributed by atoms with Crippen LogP contribution in [0.5, 0.6) is 5.75 Å². The summed E-state index contributed by atoms with van der Waals surface area (Å²) in [5.41, 5.74) is 4.95. The fourth-order valence-corrected chi connectivity index (χ4v) is 4.53. The van der Waals surface area contributed by atoms with Crippen LogP contribution in [0, 0.1) is 0 Å². The number of aromatic nitrogens is 2. The van der Waals surface area contributed by atoms with Gasteiger partial charge in [-0.25, -0.2) is 0 Å². The number of aliphatic imine (C=N–C) groups is 1. The van der Waals surface area contributed by atoms with Crippen molar-refractivity contribution in [3.05, 3.63) is 70.9 Å². The van der Waals surface area contributed by atoms with Crippen LogP contribution < -0.4 is 4.74 Å². The van der Waals surface area contributed by atoms with Crippen molar-refractivity contribution in [1.82, 2.24) is 14.7 Å². The number of amides is 1. The zero-order valence-corrected chi connectivity index (χ0v) is 19.6. The molecule has 0 fully saturated rings. The maximum absolute atomic E-state index is 13.4. The Hall–Kier alpha value is -3.88. The van der Waals surface area contributed by atoms with E-state index in [9.17, 15) is 18.0 Å².